The van der Waals surface area contributed by atoms with Crippen LogP contribution in [0.3, 0.4) is 0 Å². The maximum absolute atomic E-state index is 12.8. The molecule has 2 aromatic heterocycles. The number of aromatic amines is 1. The Balaban J connectivity index is 1.51. The van der Waals surface area contributed by atoms with E-state index in [-0.39, 0.29) is 24.3 Å². The van der Waals surface area contributed by atoms with Crippen molar-refractivity contribution in [3.8, 4) is 5.75 Å². The van der Waals surface area contributed by atoms with Gasteiger partial charge >= 0.3 is 5.63 Å². The normalized spacial score (nSPS) is 12.4. The lowest BCUT2D eigenvalue weighted by molar-refractivity contribution is -0.122. The minimum atomic E-state index is -0.422. The Hall–Kier alpha value is -3.61. The maximum atomic E-state index is 12.8. The van der Waals surface area contributed by atoms with Crippen LogP contribution in [0.2, 0.25) is 0 Å². The van der Waals surface area contributed by atoms with Crippen LogP contribution < -0.4 is 15.7 Å². The van der Waals surface area contributed by atoms with E-state index < -0.39 is 5.63 Å². The summed E-state index contributed by atoms with van der Waals surface area (Å²) in [5.41, 5.74) is 3.19. The van der Waals surface area contributed by atoms with Gasteiger partial charge in [-0.25, -0.2) is 9.78 Å². The number of amides is 1. The minimum absolute atomic E-state index is 0.141. The highest BCUT2D eigenvalue weighted by Gasteiger charge is 2.22. The Morgan fingerprint density at radius 3 is 2.72 bits per heavy atom. The predicted molar refractivity (Wildman–Crippen MR) is 124 cm³/mol. The Labute approximate surface area is 185 Å². The number of aryl methyl sites for hydroxylation is 1. The first-order valence-electron chi connectivity index (χ1n) is 10.7. The smallest absolute Gasteiger partial charge is 0.339 e. The van der Waals surface area contributed by atoms with Gasteiger partial charge in [0.15, 0.2) is 0 Å². The highest BCUT2D eigenvalue weighted by molar-refractivity contribution is 5.83. The average molecular weight is 434 g/mol. The van der Waals surface area contributed by atoms with Crippen LogP contribution in [-0.4, -0.2) is 23.0 Å². The van der Waals surface area contributed by atoms with E-state index in [4.69, 9.17) is 9.15 Å². The third kappa shape index (κ3) is 4.23. The third-order valence-electron chi connectivity index (χ3n) is 5.78. The molecular weight excluding hydrogens is 406 g/mol. The lowest BCUT2D eigenvalue weighted by atomic mass is 10.0. The maximum Gasteiger partial charge on any atom is 0.339 e. The Kier molecular flexibility index (Phi) is 5.99. The number of H-pyrrole nitrogens is 1. The quantitative estimate of drug-likeness (QED) is 0.420. The molecular formula is C25H27N3O4. The predicted octanol–water partition coefficient (Wildman–Crippen LogP) is 4.43. The van der Waals surface area contributed by atoms with Gasteiger partial charge in [0, 0.05) is 23.4 Å². The number of imidazole rings is 1. The molecule has 2 N–H and O–H groups in total. The second-order valence-electron chi connectivity index (χ2n) is 8.28. The number of methoxy groups -OCH3 is 1. The number of rotatable bonds is 7. The Morgan fingerprint density at radius 1 is 1.22 bits per heavy atom. The van der Waals surface area contributed by atoms with Crippen molar-refractivity contribution in [1.29, 1.82) is 0 Å². The molecule has 166 valence electrons. The summed E-state index contributed by atoms with van der Waals surface area (Å²) in [4.78, 5) is 33.3. The molecule has 0 aliphatic heterocycles. The van der Waals surface area contributed by atoms with E-state index in [0.717, 1.165) is 27.8 Å². The monoisotopic (exact) mass is 433 g/mol. The first kappa shape index (κ1) is 21.6. The van der Waals surface area contributed by atoms with E-state index in [0.29, 0.717) is 23.3 Å². The van der Waals surface area contributed by atoms with Crippen molar-refractivity contribution < 1.29 is 13.9 Å². The lowest BCUT2D eigenvalue weighted by Gasteiger charge is -2.20. The third-order valence-corrected chi connectivity index (χ3v) is 5.78. The molecule has 7 nitrogen and oxygen atoms in total. The van der Waals surface area contributed by atoms with Crippen molar-refractivity contribution in [3.63, 3.8) is 0 Å². The van der Waals surface area contributed by atoms with Gasteiger partial charge in [0.25, 0.3) is 0 Å². The topological polar surface area (TPSA) is 97.2 Å². The fourth-order valence-electron chi connectivity index (χ4n) is 3.95. The van der Waals surface area contributed by atoms with Crippen molar-refractivity contribution in [3.05, 3.63) is 69.8 Å². The van der Waals surface area contributed by atoms with E-state index in [2.05, 4.69) is 15.3 Å². The van der Waals surface area contributed by atoms with Gasteiger partial charge in [-0.15, -0.1) is 0 Å². The lowest BCUT2D eigenvalue weighted by Crippen LogP contribution is -2.33. The molecule has 0 radical (unpaired) electrons. The summed E-state index contributed by atoms with van der Waals surface area (Å²) >= 11 is 0. The van der Waals surface area contributed by atoms with E-state index in [1.165, 1.54) is 0 Å². The largest absolute Gasteiger partial charge is 0.497 e. The molecule has 1 amide bonds. The fraction of sp³-hybridized carbons (Fsp3) is 0.320. The first-order chi connectivity index (χ1) is 15.4. The number of carbonyl (C=O) groups is 1. The number of nitrogens with one attached hydrogen (secondary N) is 2. The highest BCUT2D eigenvalue weighted by atomic mass is 16.5. The molecule has 0 aliphatic carbocycles. The van der Waals surface area contributed by atoms with Gasteiger partial charge in [-0.3, -0.25) is 4.79 Å². The van der Waals surface area contributed by atoms with Crippen molar-refractivity contribution in [2.75, 3.05) is 7.11 Å². The number of hydrogen-bond acceptors (Lipinski definition) is 5. The van der Waals surface area contributed by atoms with Crippen LogP contribution in [0, 0.1) is 12.8 Å². The summed E-state index contributed by atoms with van der Waals surface area (Å²) in [5, 5.41) is 3.91. The van der Waals surface area contributed by atoms with Crippen LogP contribution in [0.1, 0.15) is 43.3 Å². The second-order valence-corrected chi connectivity index (χ2v) is 8.28. The van der Waals surface area contributed by atoms with Crippen LogP contribution in [0.15, 0.2) is 51.7 Å². The number of ether oxygens (including phenoxy) is 1. The molecule has 0 saturated heterocycles. The molecule has 32 heavy (non-hydrogen) atoms. The van der Waals surface area contributed by atoms with Crippen LogP contribution >= 0.6 is 0 Å². The van der Waals surface area contributed by atoms with E-state index in [1.54, 1.807) is 13.2 Å². The Morgan fingerprint density at radius 2 is 2.00 bits per heavy atom. The van der Waals surface area contributed by atoms with Crippen molar-refractivity contribution in [1.82, 2.24) is 15.3 Å². The summed E-state index contributed by atoms with van der Waals surface area (Å²) in [6, 6.07) is 12.9. The molecule has 4 rings (SSSR count). The number of nitrogens with zero attached hydrogens (tertiary/aromatic N) is 1. The number of aromatic nitrogens is 2. The van der Waals surface area contributed by atoms with Crippen molar-refractivity contribution >= 4 is 27.9 Å². The molecule has 0 spiro atoms. The van der Waals surface area contributed by atoms with Crippen molar-refractivity contribution in [2.45, 2.75) is 39.7 Å². The van der Waals surface area contributed by atoms with Gasteiger partial charge in [0.05, 0.1) is 24.2 Å². The first-order valence-corrected chi connectivity index (χ1v) is 10.7. The molecule has 0 fully saturated rings. The molecule has 0 aliphatic rings. The summed E-state index contributed by atoms with van der Waals surface area (Å²) in [7, 11) is 1.56. The summed E-state index contributed by atoms with van der Waals surface area (Å²) in [5.74, 6) is 1.35. The molecule has 0 unspecified atom stereocenters. The number of carbonyl (C=O) groups excluding carboxylic acids is 1. The van der Waals surface area contributed by atoms with E-state index in [9.17, 15) is 9.59 Å². The molecule has 1 atom stereocenters. The minimum Gasteiger partial charge on any atom is -0.497 e. The van der Waals surface area contributed by atoms with Crippen LogP contribution in [0.4, 0.5) is 0 Å². The molecule has 0 saturated carbocycles. The van der Waals surface area contributed by atoms with Gasteiger partial charge in [0.2, 0.25) is 5.91 Å². The Bertz CT molecular complexity index is 1300. The molecule has 2 aromatic carbocycles. The number of fused-ring (bicyclic) bond motifs is 2. The average Bonchev–Trinajstić information content (AvgIpc) is 3.20. The SMILES string of the molecule is COc1ccc2c(C)c(CCC(=O)N[C@H](c3nc4ccccc4[nH]3)C(C)C)c(=O)oc2c1. The molecule has 2 heterocycles. The summed E-state index contributed by atoms with van der Waals surface area (Å²) in [6.45, 7) is 5.95. The zero-order valence-corrected chi connectivity index (χ0v) is 18.7. The molecule has 4 aromatic rings. The number of hydrogen-bond donors (Lipinski definition) is 2. The zero-order chi connectivity index (χ0) is 22.8. The van der Waals surface area contributed by atoms with Crippen molar-refractivity contribution in [2.24, 2.45) is 5.92 Å². The van der Waals surface area contributed by atoms with E-state index in [1.807, 2.05) is 57.2 Å². The van der Waals surface area contributed by atoms with Gasteiger partial charge in [0.1, 0.15) is 17.2 Å². The molecule has 7 heteroatoms. The van der Waals surface area contributed by atoms with Gasteiger partial charge < -0.3 is 19.5 Å². The van der Waals surface area contributed by atoms with Crippen LogP contribution in [0.5, 0.6) is 5.75 Å². The van der Waals surface area contributed by atoms with E-state index >= 15 is 0 Å². The number of benzene rings is 2. The van der Waals surface area contributed by atoms with Gasteiger partial charge in [-0.1, -0.05) is 26.0 Å². The van der Waals surface area contributed by atoms with Crippen LogP contribution in [0.25, 0.3) is 22.0 Å². The number of para-hydroxylation sites is 2. The fourth-order valence-corrected chi connectivity index (χ4v) is 3.95. The summed E-state index contributed by atoms with van der Waals surface area (Å²) in [6.07, 6.45) is 0.476. The van der Waals surface area contributed by atoms with Gasteiger partial charge in [-0.2, -0.15) is 0 Å². The highest BCUT2D eigenvalue weighted by Crippen LogP contribution is 2.25. The standard InChI is InChI=1S/C25H27N3O4/c1-14(2)23(24-26-19-7-5-6-8-20(19)27-24)28-22(29)12-11-18-15(3)17-10-9-16(31-4)13-21(17)32-25(18)30/h5-10,13-14,23H,11-12H2,1-4H3,(H,26,27)(H,28,29)/t23-/m0/s1. The van der Waals surface area contributed by atoms with Crippen LogP contribution in [-0.2, 0) is 11.2 Å². The van der Waals surface area contributed by atoms with Gasteiger partial charge in [-0.05, 0) is 49.1 Å². The zero-order valence-electron chi connectivity index (χ0n) is 18.7. The summed E-state index contributed by atoms with van der Waals surface area (Å²) < 4.78 is 10.7. The molecule has 0 bridgehead atoms. The second kappa shape index (κ2) is 8.86.